The van der Waals surface area contributed by atoms with Crippen molar-refractivity contribution in [2.45, 2.75) is 40.7 Å². The normalized spacial score (nSPS) is 28.3. The van der Waals surface area contributed by atoms with Crippen LogP contribution in [0.3, 0.4) is 0 Å². The average molecular weight is 407 g/mol. The minimum atomic E-state index is -3.59. The summed E-state index contributed by atoms with van der Waals surface area (Å²) < 4.78 is 32.3. The third-order valence-corrected chi connectivity index (χ3v) is 8.90. The van der Waals surface area contributed by atoms with Crippen LogP contribution < -0.4 is 4.74 Å². The van der Waals surface area contributed by atoms with E-state index in [0.717, 1.165) is 23.2 Å². The van der Waals surface area contributed by atoms with Gasteiger partial charge in [0.15, 0.2) is 0 Å². The Morgan fingerprint density at radius 1 is 1.03 bits per heavy atom. The van der Waals surface area contributed by atoms with E-state index in [0.29, 0.717) is 11.5 Å². The van der Waals surface area contributed by atoms with E-state index in [1.165, 1.54) is 32.0 Å². The fraction of sp³-hybridized carbons (Fsp3) is 0.348. The molecule has 0 amide bonds. The molecule has 1 aliphatic carbocycles. The Kier molecular flexibility index (Phi) is 3.62. The first-order valence-corrected chi connectivity index (χ1v) is 11.7. The number of benzene rings is 2. The van der Waals surface area contributed by atoms with Gasteiger partial charge in [-0.05, 0) is 43.5 Å². The maximum Gasteiger partial charge on any atom is 0.208 e. The standard InChI is InChI=1S/C23H22N2O3S/c26-29(27,17-6-2-1-3-7-17)18-13-16-5-4-8-20(22(16)24-14-18)28-21-15-25-12-11-23(25)10-9-19(21)23/h1-8,13-14,19,21H,9-12,15H2. The number of sulfone groups is 1. The zero-order valence-electron chi connectivity index (χ0n) is 16.0. The highest BCUT2D eigenvalue weighted by molar-refractivity contribution is 7.91. The van der Waals surface area contributed by atoms with Crippen LogP contribution in [0.1, 0.15) is 19.3 Å². The van der Waals surface area contributed by atoms with Crippen molar-refractivity contribution in [3.63, 3.8) is 0 Å². The molecule has 1 spiro atoms. The Morgan fingerprint density at radius 2 is 1.90 bits per heavy atom. The Balaban J connectivity index is 1.34. The van der Waals surface area contributed by atoms with E-state index in [1.54, 1.807) is 36.4 Å². The quantitative estimate of drug-likeness (QED) is 0.661. The van der Waals surface area contributed by atoms with Crippen LogP contribution in [0.15, 0.2) is 70.6 Å². The minimum Gasteiger partial charge on any atom is -0.486 e. The van der Waals surface area contributed by atoms with Crippen molar-refractivity contribution < 1.29 is 13.2 Å². The Morgan fingerprint density at radius 3 is 2.59 bits per heavy atom. The second-order valence-electron chi connectivity index (χ2n) is 8.42. The predicted octanol–water partition coefficient (Wildman–Crippen LogP) is 3.68. The molecule has 0 N–H and O–H groups in total. The molecule has 1 aromatic heterocycles. The van der Waals surface area contributed by atoms with Crippen LogP contribution in [0, 0.1) is 5.92 Å². The van der Waals surface area contributed by atoms with Crippen LogP contribution in [-0.4, -0.2) is 43.0 Å². The van der Waals surface area contributed by atoms with E-state index in [2.05, 4.69) is 9.88 Å². The van der Waals surface area contributed by atoms with Gasteiger partial charge >= 0.3 is 0 Å². The van der Waals surface area contributed by atoms with Gasteiger partial charge in [0.1, 0.15) is 17.4 Å². The van der Waals surface area contributed by atoms with E-state index < -0.39 is 9.84 Å². The number of pyridine rings is 1. The molecule has 6 rings (SSSR count). The number of nitrogens with zero attached hydrogens (tertiary/aromatic N) is 2. The predicted molar refractivity (Wildman–Crippen MR) is 110 cm³/mol. The summed E-state index contributed by atoms with van der Waals surface area (Å²) in [6, 6.07) is 15.9. The second kappa shape index (κ2) is 6.03. The Hall–Kier alpha value is -2.44. The van der Waals surface area contributed by atoms with Gasteiger partial charge in [-0.15, -0.1) is 0 Å². The van der Waals surface area contributed by atoms with E-state index in [4.69, 9.17) is 4.74 Å². The lowest BCUT2D eigenvalue weighted by Gasteiger charge is -2.57. The van der Waals surface area contributed by atoms with Crippen molar-refractivity contribution in [1.82, 2.24) is 9.88 Å². The van der Waals surface area contributed by atoms with Gasteiger partial charge < -0.3 is 4.74 Å². The summed E-state index contributed by atoms with van der Waals surface area (Å²) >= 11 is 0. The van der Waals surface area contributed by atoms with Crippen LogP contribution >= 0.6 is 0 Å². The van der Waals surface area contributed by atoms with Crippen molar-refractivity contribution in [3.05, 3.63) is 60.8 Å². The van der Waals surface area contributed by atoms with Gasteiger partial charge in [-0.2, -0.15) is 0 Å². The molecule has 0 radical (unpaired) electrons. The molecule has 2 saturated heterocycles. The molecule has 6 heteroatoms. The minimum absolute atomic E-state index is 0.200. The van der Waals surface area contributed by atoms with E-state index >= 15 is 0 Å². The summed E-state index contributed by atoms with van der Waals surface area (Å²) in [5.41, 5.74) is 1.14. The summed E-state index contributed by atoms with van der Waals surface area (Å²) in [7, 11) is -3.59. The largest absolute Gasteiger partial charge is 0.486 e. The number of para-hydroxylation sites is 1. The number of hydrogen-bond donors (Lipinski definition) is 0. The molecule has 29 heavy (non-hydrogen) atoms. The first-order valence-electron chi connectivity index (χ1n) is 10.2. The summed E-state index contributed by atoms with van der Waals surface area (Å²) in [5, 5.41) is 0.782. The fourth-order valence-corrected chi connectivity index (χ4v) is 6.69. The summed E-state index contributed by atoms with van der Waals surface area (Å²) in [6.07, 6.45) is 5.48. The number of ether oxygens (including phenoxy) is 1. The lowest BCUT2D eigenvalue weighted by molar-refractivity contribution is -0.0735. The molecule has 3 aromatic rings. The molecule has 2 aromatic carbocycles. The van der Waals surface area contributed by atoms with Crippen LogP contribution in [0.4, 0.5) is 0 Å². The van der Waals surface area contributed by atoms with Crippen molar-refractivity contribution in [3.8, 4) is 5.75 Å². The molecule has 3 heterocycles. The van der Waals surface area contributed by atoms with Gasteiger partial charge in [-0.1, -0.05) is 30.3 Å². The lowest BCUT2D eigenvalue weighted by Crippen LogP contribution is -2.63. The highest BCUT2D eigenvalue weighted by Crippen LogP contribution is 2.58. The molecule has 3 unspecified atom stereocenters. The second-order valence-corrected chi connectivity index (χ2v) is 10.4. The number of fused-ring (bicyclic) bond motifs is 1. The van der Waals surface area contributed by atoms with Crippen molar-refractivity contribution in [2.75, 3.05) is 13.1 Å². The van der Waals surface area contributed by atoms with Crippen LogP contribution in [-0.2, 0) is 9.84 Å². The summed E-state index contributed by atoms with van der Waals surface area (Å²) in [5.74, 6) is 1.37. The fourth-order valence-electron chi connectivity index (χ4n) is 5.43. The number of rotatable bonds is 4. The average Bonchev–Trinajstić information content (AvgIpc) is 2.83. The number of hydrogen-bond acceptors (Lipinski definition) is 5. The van der Waals surface area contributed by atoms with Gasteiger partial charge in [0.25, 0.3) is 0 Å². The third kappa shape index (κ3) is 2.42. The van der Waals surface area contributed by atoms with Crippen LogP contribution in [0.25, 0.3) is 10.9 Å². The van der Waals surface area contributed by atoms with Gasteiger partial charge in [-0.25, -0.2) is 8.42 Å². The first-order chi connectivity index (χ1) is 14.1. The van der Waals surface area contributed by atoms with Crippen molar-refractivity contribution >= 4 is 20.7 Å². The van der Waals surface area contributed by atoms with Gasteiger partial charge in [0.2, 0.25) is 9.84 Å². The summed E-state index contributed by atoms with van der Waals surface area (Å²) in [4.78, 5) is 7.57. The van der Waals surface area contributed by atoms with E-state index in [1.807, 2.05) is 18.2 Å². The van der Waals surface area contributed by atoms with Crippen LogP contribution in [0.5, 0.6) is 5.75 Å². The molecule has 3 aliphatic rings. The molecular formula is C23H22N2O3S. The maximum absolute atomic E-state index is 12.9. The molecule has 2 aliphatic heterocycles. The monoisotopic (exact) mass is 406 g/mol. The van der Waals surface area contributed by atoms with Gasteiger partial charge in [0, 0.05) is 36.1 Å². The highest BCUT2D eigenvalue weighted by Gasteiger charge is 2.64. The maximum atomic E-state index is 12.9. The van der Waals surface area contributed by atoms with E-state index in [9.17, 15) is 8.42 Å². The molecule has 148 valence electrons. The van der Waals surface area contributed by atoms with Crippen LogP contribution in [0.2, 0.25) is 0 Å². The zero-order valence-corrected chi connectivity index (χ0v) is 16.8. The van der Waals surface area contributed by atoms with Crippen molar-refractivity contribution in [2.24, 2.45) is 5.92 Å². The molecule has 5 nitrogen and oxygen atoms in total. The SMILES string of the molecule is O=S(=O)(c1ccccc1)c1cnc2c(OC3CN4CCC45CCC35)cccc2c1. The van der Waals surface area contributed by atoms with Gasteiger partial charge in [0.05, 0.1) is 9.79 Å². The Bertz CT molecular complexity index is 1210. The van der Waals surface area contributed by atoms with E-state index in [-0.39, 0.29) is 15.9 Å². The molecular weight excluding hydrogens is 384 g/mol. The molecule has 3 fully saturated rings. The lowest BCUT2D eigenvalue weighted by atomic mass is 9.61. The topological polar surface area (TPSA) is 59.5 Å². The van der Waals surface area contributed by atoms with Crippen molar-refractivity contribution in [1.29, 1.82) is 0 Å². The molecule has 3 atom stereocenters. The third-order valence-electron chi connectivity index (χ3n) is 7.16. The summed E-state index contributed by atoms with van der Waals surface area (Å²) in [6.45, 7) is 2.17. The first kappa shape index (κ1) is 17.4. The van der Waals surface area contributed by atoms with Gasteiger partial charge in [-0.3, -0.25) is 9.88 Å². The molecule has 1 saturated carbocycles. The zero-order chi connectivity index (χ0) is 19.6. The Labute approximate surface area is 170 Å². The molecule has 0 bridgehead atoms. The smallest absolute Gasteiger partial charge is 0.208 e. The highest BCUT2D eigenvalue weighted by atomic mass is 32.2. The number of aromatic nitrogens is 1.